The summed E-state index contributed by atoms with van der Waals surface area (Å²) in [6.45, 7) is 1.99. The number of carbonyl (C=O) groups excluding carboxylic acids is 2. The Balaban J connectivity index is 1.49. The normalized spacial score (nSPS) is 15.8. The molecule has 0 aliphatic carbocycles. The number of nitrogens with zero attached hydrogens (tertiary/aromatic N) is 4. The van der Waals surface area contributed by atoms with Gasteiger partial charge in [0.25, 0.3) is 0 Å². The van der Waals surface area contributed by atoms with Gasteiger partial charge in [-0.2, -0.15) is 5.10 Å². The molecule has 1 unspecified atom stereocenters. The summed E-state index contributed by atoms with van der Waals surface area (Å²) in [6, 6.07) is 12.5. The fraction of sp³-hybridized carbons (Fsp3) is 0.174. The van der Waals surface area contributed by atoms with Crippen LogP contribution in [-0.2, 0) is 9.53 Å². The van der Waals surface area contributed by atoms with Gasteiger partial charge in [-0.3, -0.25) is 0 Å². The largest absolute Gasteiger partial charge is 0.463 e. The summed E-state index contributed by atoms with van der Waals surface area (Å²) in [5.74, 6) is -0.153. The number of benzene rings is 1. The molecule has 2 amide bonds. The summed E-state index contributed by atoms with van der Waals surface area (Å²) >= 11 is 2.86. The van der Waals surface area contributed by atoms with Crippen LogP contribution in [0.4, 0.5) is 4.79 Å². The van der Waals surface area contributed by atoms with E-state index in [4.69, 9.17) is 4.74 Å². The van der Waals surface area contributed by atoms with Gasteiger partial charge in [-0.1, -0.05) is 36.0 Å². The predicted octanol–water partition coefficient (Wildman–Crippen LogP) is 3.84. The Hall–Kier alpha value is -3.70. The van der Waals surface area contributed by atoms with Crippen LogP contribution in [0.15, 0.2) is 76.7 Å². The van der Waals surface area contributed by atoms with Crippen molar-refractivity contribution in [2.45, 2.75) is 18.0 Å². The van der Waals surface area contributed by atoms with Crippen LogP contribution in [0.2, 0.25) is 0 Å². The van der Waals surface area contributed by atoms with Crippen LogP contribution >= 0.6 is 23.1 Å². The molecule has 0 bridgehead atoms. The van der Waals surface area contributed by atoms with E-state index in [1.165, 1.54) is 29.4 Å². The van der Waals surface area contributed by atoms with Crippen LogP contribution in [0.5, 0.6) is 0 Å². The van der Waals surface area contributed by atoms with Crippen LogP contribution in [-0.4, -0.2) is 44.1 Å². The van der Waals surface area contributed by atoms with Crippen LogP contribution in [0.25, 0.3) is 16.7 Å². The average Bonchev–Trinajstić information content (AvgIpc) is 3.53. The molecule has 11 heteroatoms. The minimum absolute atomic E-state index is 0.235. The van der Waals surface area contributed by atoms with E-state index in [2.05, 4.69) is 25.7 Å². The van der Waals surface area contributed by atoms with E-state index in [0.717, 1.165) is 16.0 Å². The number of esters is 1. The van der Waals surface area contributed by atoms with Crippen molar-refractivity contribution < 1.29 is 14.3 Å². The van der Waals surface area contributed by atoms with Crippen LogP contribution < -0.4 is 10.6 Å². The third-order valence-corrected chi connectivity index (χ3v) is 7.13. The summed E-state index contributed by atoms with van der Waals surface area (Å²) in [6.07, 6.45) is 3.21. The van der Waals surface area contributed by atoms with Gasteiger partial charge in [0.15, 0.2) is 5.65 Å². The Morgan fingerprint density at radius 2 is 2.06 bits per heavy atom. The van der Waals surface area contributed by atoms with E-state index in [1.54, 1.807) is 17.8 Å². The highest BCUT2D eigenvalue weighted by Crippen LogP contribution is 2.33. The number of carbonyl (C=O) groups is 2. The van der Waals surface area contributed by atoms with Crippen LogP contribution in [0.1, 0.15) is 17.8 Å². The number of fused-ring (bicyclic) bond motifs is 1. The van der Waals surface area contributed by atoms with E-state index >= 15 is 0 Å². The highest BCUT2D eigenvalue weighted by atomic mass is 32.2. The molecule has 9 nitrogen and oxygen atoms in total. The molecule has 0 saturated heterocycles. The topological polar surface area (TPSA) is 111 Å². The number of aromatic nitrogens is 4. The van der Waals surface area contributed by atoms with Crippen molar-refractivity contribution in [2.75, 3.05) is 12.4 Å². The number of rotatable bonds is 7. The van der Waals surface area contributed by atoms with Gasteiger partial charge >= 0.3 is 12.0 Å². The summed E-state index contributed by atoms with van der Waals surface area (Å²) < 4.78 is 7.07. The number of thioether (sulfide) groups is 1. The smallest absolute Gasteiger partial charge is 0.338 e. The average molecular weight is 493 g/mol. The van der Waals surface area contributed by atoms with Crippen molar-refractivity contribution >= 4 is 46.1 Å². The number of ether oxygens (including phenoxy) is 1. The van der Waals surface area contributed by atoms with E-state index < -0.39 is 12.0 Å². The van der Waals surface area contributed by atoms with Gasteiger partial charge in [0.05, 0.1) is 35.5 Å². The van der Waals surface area contributed by atoms with Crippen molar-refractivity contribution in [1.82, 2.24) is 30.4 Å². The Kier molecular flexibility index (Phi) is 6.28. The molecule has 0 radical (unpaired) electrons. The molecule has 172 valence electrons. The molecule has 1 atom stereocenters. The lowest BCUT2D eigenvalue weighted by molar-refractivity contribution is -0.139. The quantitative estimate of drug-likeness (QED) is 0.229. The minimum Gasteiger partial charge on any atom is -0.463 e. The Morgan fingerprint density at radius 1 is 1.21 bits per heavy atom. The summed E-state index contributed by atoms with van der Waals surface area (Å²) in [4.78, 5) is 35.0. The molecule has 4 aromatic rings. The molecular weight excluding hydrogens is 472 g/mol. The summed E-state index contributed by atoms with van der Waals surface area (Å²) in [5, 5.41) is 13.5. The number of nitrogens with one attached hydrogen (secondary N) is 2. The molecule has 3 aromatic heterocycles. The van der Waals surface area contributed by atoms with Crippen molar-refractivity contribution in [3.05, 3.63) is 76.5 Å². The zero-order valence-electron chi connectivity index (χ0n) is 18.1. The van der Waals surface area contributed by atoms with Crippen LogP contribution in [0, 0.1) is 0 Å². The fourth-order valence-electron chi connectivity index (χ4n) is 3.69. The number of para-hydroxylation sites is 1. The maximum absolute atomic E-state index is 12.9. The first kappa shape index (κ1) is 22.1. The lowest BCUT2D eigenvalue weighted by atomic mass is 10.0. The highest BCUT2D eigenvalue weighted by molar-refractivity contribution is 7.99. The van der Waals surface area contributed by atoms with Gasteiger partial charge in [-0.05, 0) is 30.5 Å². The predicted molar refractivity (Wildman–Crippen MR) is 130 cm³/mol. The molecule has 0 saturated carbocycles. The van der Waals surface area contributed by atoms with E-state index in [1.807, 2.05) is 47.8 Å². The second-order valence-electron chi connectivity index (χ2n) is 7.26. The molecule has 0 spiro atoms. The first-order valence-electron chi connectivity index (χ1n) is 10.5. The maximum atomic E-state index is 12.9. The molecule has 1 aliphatic heterocycles. The first-order chi connectivity index (χ1) is 16.7. The van der Waals surface area contributed by atoms with Crippen LogP contribution in [0.3, 0.4) is 0 Å². The van der Waals surface area contributed by atoms with Gasteiger partial charge < -0.3 is 15.4 Å². The van der Waals surface area contributed by atoms with E-state index in [0.29, 0.717) is 27.7 Å². The molecule has 4 heterocycles. The van der Waals surface area contributed by atoms with Crippen molar-refractivity contribution in [3.8, 4) is 5.69 Å². The number of thiophene rings is 1. The zero-order valence-corrected chi connectivity index (χ0v) is 19.7. The monoisotopic (exact) mass is 492 g/mol. The Labute approximate surface area is 203 Å². The van der Waals surface area contributed by atoms with Crippen molar-refractivity contribution in [2.24, 2.45) is 0 Å². The minimum atomic E-state index is -0.574. The maximum Gasteiger partial charge on any atom is 0.338 e. The molecule has 0 fully saturated rings. The molecule has 1 aliphatic rings. The number of amides is 2. The zero-order chi connectivity index (χ0) is 23.5. The molecule has 2 N–H and O–H groups in total. The van der Waals surface area contributed by atoms with Crippen molar-refractivity contribution in [1.29, 1.82) is 0 Å². The number of hydrogen-bond acceptors (Lipinski definition) is 8. The summed E-state index contributed by atoms with van der Waals surface area (Å²) in [5.41, 5.74) is 2.45. The van der Waals surface area contributed by atoms with Gasteiger partial charge in [-0.15, -0.1) is 11.3 Å². The molecule has 1 aromatic carbocycles. The lowest BCUT2D eigenvalue weighted by Gasteiger charge is -2.28. The van der Waals surface area contributed by atoms with E-state index in [9.17, 15) is 9.59 Å². The summed E-state index contributed by atoms with van der Waals surface area (Å²) in [7, 11) is 0. The number of urea groups is 1. The Morgan fingerprint density at radius 3 is 2.82 bits per heavy atom. The highest BCUT2D eigenvalue weighted by Gasteiger charge is 2.34. The van der Waals surface area contributed by atoms with Crippen molar-refractivity contribution in [3.63, 3.8) is 0 Å². The standard InChI is InChI=1S/C23H20N6O3S2/c1-2-32-22(30)18-16(27-23(31)28-19(18)17-9-6-10-33-17)12-34-21-15-11-26-29(20(15)24-13-25-21)14-7-4-3-5-8-14/h3-11,13,19H,2,12H2,1H3,(H2,27,28,31). The second-order valence-corrected chi connectivity index (χ2v) is 9.20. The number of hydrogen-bond donors (Lipinski definition) is 2. The fourth-order valence-corrected chi connectivity index (χ4v) is 5.40. The van der Waals surface area contributed by atoms with Gasteiger partial charge in [0.1, 0.15) is 11.4 Å². The first-order valence-corrected chi connectivity index (χ1v) is 12.4. The van der Waals surface area contributed by atoms with Gasteiger partial charge in [-0.25, -0.2) is 24.2 Å². The molecule has 34 heavy (non-hydrogen) atoms. The lowest BCUT2D eigenvalue weighted by Crippen LogP contribution is -2.46. The third-order valence-electron chi connectivity index (χ3n) is 5.16. The molecular formula is C23H20N6O3S2. The second kappa shape index (κ2) is 9.65. The third kappa shape index (κ3) is 4.27. The molecule has 5 rings (SSSR count). The Bertz CT molecular complexity index is 1370. The van der Waals surface area contributed by atoms with Gasteiger partial charge in [0.2, 0.25) is 0 Å². The SMILES string of the molecule is CCOC(=O)C1=C(CSc2ncnc3c2cnn3-c2ccccc2)NC(=O)NC1c1cccs1. The van der Waals surface area contributed by atoms with E-state index in [-0.39, 0.29) is 12.6 Å². The van der Waals surface area contributed by atoms with Gasteiger partial charge in [0, 0.05) is 16.3 Å².